The second-order valence-electron chi connectivity index (χ2n) is 13.4. The van der Waals surface area contributed by atoms with E-state index in [2.05, 4.69) is 65.8 Å². The van der Waals surface area contributed by atoms with E-state index in [1.165, 1.54) is 58.7 Å². The molecule has 7 nitrogen and oxygen atoms in total. The molecule has 0 radical (unpaired) electrons. The number of rotatable bonds is 18. The number of phenols is 4. The van der Waals surface area contributed by atoms with E-state index < -0.39 is 11.8 Å². The monoisotopic (exact) mass is 670 g/mol. The first-order valence-corrected chi connectivity index (χ1v) is 17.2. The smallest absolute Gasteiger partial charge is 0.336 e. The molecule has 49 heavy (non-hydrogen) atoms. The van der Waals surface area contributed by atoms with Crippen molar-refractivity contribution in [2.24, 2.45) is 0 Å². The fraction of sp³-hybridized carbons (Fsp3) is 0.405. The SMILES string of the molecule is CC(C)=CCC/C(C)=C/CCC1=C[C@](OC/C(=C\Cc2cc(O)ccc2O)CC/C=C(\C)CCC=C(C)C)(c2cc(O)ccc2O)OC1=O. The summed E-state index contributed by atoms with van der Waals surface area (Å²) in [6, 6.07) is 8.46. The number of hydrogen-bond acceptors (Lipinski definition) is 7. The van der Waals surface area contributed by atoms with Gasteiger partial charge in [0.1, 0.15) is 23.0 Å². The predicted octanol–water partition coefficient (Wildman–Crippen LogP) is 10.3. The first-order valence-electron chi connectivity index (χ1n) is 17.2. The molecule has 0 bridgehead atoms. The van der Waals surface area contributed by atoms with Crippen molar-refractivity contribution in [3.63, 3.8) is 0 Å². The maximum absolute atomic E-state index is 13.3. The summed E-state index contributed by atoms with van der Waals surface area (Å²) in [6.07, 6.45) is 19.0. The van der Waals surface area contributed by atoms with E-state index in [4.69, 9.17) is 9.47 Å². The maximum atomic E-state index is 13.3. The summed E-state index contributed by atoms with van der Waals surface area (Å²) < 4.78 is 12.4. The molecule has 0 fully saturated rings. The highest BCUT2D eigenvalue weighted by Gasteiger charge is 2.45. The van der Waals surface area contributed by atoms with Crippen LogP contribution in [0.1, 0.15) is 104 Å². The molecule has 0 saturated heterocycles. The van der Waals surface area contributed by atoms with Crippen LogP contribution in [0.2, 0.25) is 0 Å². The van der Waals surface area contributed by atoms with Gasteiger partial charge in [0.25, 0.3) is 5.79 Å². The number of benzene rings is 2. The first-order chi connectivity index (χ1) is 23.3. The second kappa shape index (κ2) is 18.9. The zero-order valence-electron chi connectivity index (χ0n) is 30.0. The predicted molar refractivity (Wildman–Crippen MR) is 196 cm³/mol. The molecule has 7 heteroatoms. The highest BCUT2D eigenvalue weighted by atomic mass is 16.7. The molecule has 1 atom stereocenters. The summed E-state index contributed by atoms with van der Waals surface area (Å²) in [5.41, 5.74) is 7.10. The third-order valence-corrected chi connectivity index (χ3v) is 8.42. The van der Waals surface area contributed by atoms with Gasteiger partial charge in [-0.25, -0.2) is 4.79 Å². The molecule has 4 N–H and O–H groups in total. The van der Waals surface area contributed by atoms with Gasteiger partial charge in [-0.05, 0) is 141 Å². The van der Waals surface area contributed by atoms with Crippen molar-refractivity contribution in [3.05, 3.63) is 117 Å². The van der Waals surface area contributed by atoms with Crippen LogP contribution < -0.4 is 0 Å². The fourth-order valence-electron chi connectivity index (χ4n) is 5.56. The van der Waals surface area contributed by atoms with E-state index in [0.29, 0.717) is 36.8 Å². The van der Waals surface area contributed by atoms with Crippen LogP contribution in [0.15, 0.2) is 106 Å². The van der Waals surface area contributed by atoms with E-state index >= 15 is 0 Å². The first kappa shape index (κ1) is 39.0. The van der Waals surface area contributed by atoms with Gasteiger partial charge in [0, 0.05) is 17.2 Å². The van der Waals surface area contributed by atoms with Crippen molar-refractivity contribution in [3.8, 4) is 23.0 Å². The van der Waals surface area contributed by atoms with Gasteiger partial charge in [0.15, 0.2) is 0 Å². The summed E-state index contributed by atoms with van der Waals surface area (Å²) >= 11 is 0. The molecule has 0 amide bonds. The van der Waals surface area contributed by atoms with E-state index in [0.717, 1.165) is 37.7 Å². The number of cyclic esters (lactones) is 1. The molecule has 264 valence electrons. The number of phenolic OH excluding ortho intramolecular Hbond substituents is 4. The number of aromatic hydroxyl groups is 4. The minimum Gasteiger partial charge on any atom is -0.508 e. The van der Waals surface area contributed by atoms with Crippen LogP contribution in [-0.2, 0) is 26.5 Å². The van der Waals surface area contributed by atoms with Crippen LogP contribution in [0.25, 0.3) is 0 Å². The molecule has 1 aliphatic heterocycles. The fourth-order valence-corrected chi connectivity index (χ4v) is 5.56. The normalized spacial score (nSPS) is 16.7. The molecule has 2 aromatic rings. The summed E-state index contributed by atoms with van der Waals surface area (Å²) in [6.45, 7) is 12.6. The zero-order valence-corrected chi connectivity index (χ0v) is 30.0. The Morgan fingerprint density at radius 3 is 1.92 bits per heavy atom. The molecular formula is C42H54O7. The lowest BCUT2D eigenvalue weighted by Crippen LogP contribution is -2.30. The average molecular weight is 671 g/mol. The maximum Gasteiger partial charge on any atom is 0.336 e. The summed E-state index contributed by atoms with van der Waals surface area (Å²) in [4.78, 5) is 13.3. The largest absolute Gasteiger partial charge is 0.508 e. The van der Waals surface area contributed by atoms with Crippen molar-refractivity contribution in [2.75, 3.05) is 6.61 Å². The van der Waals surface area contributed by atoms with Crippen LogP contribution >= 0.6 is 0 Å². The summed E-state index contributed by atoms with van der Waals surface area (Å²) in [5, 5.41) is 41.6. The zero-order chi connectivity index (χ0) is 36.0. The molecule has 0 aliphatic carbocycles. The van der Waals surface area contributed by atoms with Crippen molar-refractivity contribution in [1.82, 2.24) is 0 Å². The Bertz CT molecular complexity index is 1630. The molecule has 0 aromatic heterocycles. The molecule has 3 rings (SSSR count). The second-order valence-corrected chi connectivity index (χ2v) is 13.4. The van der Waals surface area contributed by atoms with Crippen molar-refractivity contribution in [1.29, 1.82) is 0 Å². The number of carbonyl (C=O) groups excluding carboxylic acids is 1. The molecule has 1 aliphatic rings. The molecule has 0 unspecified atom stereocenters. The Morgan fingerprint density at radius 2 is 1.29 bits per heavy atom. The van der Waals surface area contributed by atoms with E-state index in [1.54, 1.807) is 6.08 Å². The minimum atomic E-state index is -1.75. The number of hydrogen-bond donors (Lipinski definition) is 4. The molecular weight excluding hydrogens is 616 g/mol. The van der Waals surface area contributed by atoms with Crippen LogP contribution in [0.5, 0.6) is 23.0 Å². The van der Waals surface area contributed by atoms with Gasteiger partial charge in [-0.1, -0.05) is 52.7 Å². The molecule has 2 aromatic carbocycles. The lowest BCUT2D eigenvalue weighted by Gasteiger charge is -2.28. The molecule has 1 heterocycles. The van der Waals surface area contributed by atoms with Gasteiger partial charge in [-0.3, -0.25) is 0 Å². The summed E-state index contributed by atoms with van der Waals surface area (Å²) in [5.74, 6) is -2.44. The Labute approximate surface area is 292 Å². The van der Waals surface area contributed by atoms with Gasteiger partial charge in [-0.2, -0.15) is 0 Å². The van der Waals surface area contributed by atoms with Gasteiger partial charge in [0.05, 0.1) is 12.2 Å². The van der Waals surface area contributed by atoms with Gasteiger partial charge < -0.3 is 29.9 Å². The lowest BCUT2D eigenvalue weighted by molar-refractivity contribution is -0.201. The Balaban J connectivity index is 1.88. The Morgan fingerprint density at radius 1 is 0.714 bits per heavy atom. The average Bonchev–Trinajstić information content (AvgIpc) is 3.36. The standard InChI is InChI=1S/C42H54O7/c1-29(2)11-7-13-31(5)15-9-17-33(19-20-34-25-36(43)21-23-39(34)45)28-48-42(38-26-37(44)22-24-40(38)46)27-35(41(47)49-42)18-10-16-32(6)14-8-12-30(3)4/h11-12,15-16,19,21-27,43-46H,7-10,13-14,17-18,20,28H2,1-6H3/b31-15+,32-16+,33-19-/t42-/m1/s1. The third kappa shape index (κ3) is 12.8. The molecule has 0 spiro atoms. The lowest BCUT2D eigenvalue weighted by atomic mass is 10.00. The van der Waals surface area contributed by atoms with E-state index in [-0.39, 0.29) is 35.2 Å². The van der Waals surface area contributed by atoms with Gasteiger partial charge in [0.2, 0.25) is 0 Å². The quantitative estimate of drug-likeness (QED) is 0.0708. The topological polar surface area (TPSA) is 116 Å². The van der Waals surface area contributed by atoms with Gasteiger partial charge in [-0.15, -0.1) is 0 Å². The van der Waals surface area contributed by atoms with Crippen molar-refractivity contribution in [2.45, 2.75) is 105 Å². The van der Waals surface area contributed by atoms with E-state index in [1.807, 2.05) is 6.08 Å². The Kier molecular flexibility index (Phi) is 15.0. The molecule has 0 saturated carbocycles. The number of ether oxygens (including phenoxy) is 2. The van der Waals surface area contributed by atoms with Crippen LogP contribution in [-0.4, -0.2) is 33.0 Å². The van der Waals surface area contributed by atoms with Crippen LogP contribution in [0.4, 0.5) is 0 Å². The van der Waals surface area contributed by atoms with Crippen LogP contribution in [0, 0.1) is 0 Å². The third-order valence-electron chi connectivity index (χ3n) is 8.42. The summed E-state index contributed by atoms with van der Waals surface area (Å²) in [7, 11) is 0. The number of allylic oxidation sites excluding steroid dienone is 9. The van der Waals surface area contributed by atoms with Crippen LogP contribution in [0.3, 0.4) is 0 Å². The van der Waals surface area contributed by atoms with Crippen molar-refractivity contribution >= 4 is 5.97 Å². The van der Waals surface area contributed by atoms with E-state index in [9.17, 15) is 25.2 Å². The highest BCUT2D eigenvalue weighted by molar-refractivity contribution is 5.91. The number of esters is 1. The van der Waals surface area contributed by atoms with Gasteiger partial charge >= 0.3 is 5.97 Å². The Hall–Kier alpha value is -4.49. The highest BCUT2D eigenvalue weighted by Crippen LogP contribution is 2.43. The van der Waals surface area contributed by atoms with Crippen molar-refractivity contribution < 1.29 is 34.7 Å². The number of carbonyl (C=O) groups is 1. The minimum absolute atomic E-state index is 0.0414.